The van der Waals surface area contributed by atoms with Gasteiger partial charge in [0.15, 0.2) is 5.16 Å². The van der Waals surface area contributed by atoms with Gasteiger partial charge in [0.1, 0.15) is 5.82 Å². The lowest BCUT2D eigenvalue weighted by Gasteiger charge is -2.10. The van der Waals surface area contributed by atoms with E-state index in [1.807, 2.05) is 0 Å². The van der Waals surface area contributed by atoms with Gasteiger partial charge >= 0.3 is 0 Å². The van der Waals surface area contributed by atoms with Gasteiger partial charge in [-0.05, 0) is 19.8 Å². The van der Waals surface area contributed by atoms with Crippen LogP contribution in [0.2, 0.25) is 0 Å². The number of thioether (sulfide) groups is 1. The maximum absolute atomic E-state index is 11.3. The summed E-state index contributed by atoms with van der Waals surface area (Å²) < 4.78 is 27.5. The molecule has 1 aliphatic rings. The molecule has 0 spiro atoms. The van der Waals surface area contributed by atoms with Crippen LogP contribution in [0, 0.1) is 0 Å². The predicted octanol–water partition coefficient (Wildman–Crippen LogP) is 1.77. The van der Waals surface area contributed by atoms with Crippen LogP contribution in [0.15, 0.2) is 5.16 Å². The molecule has 20 heavy (non-hydrogen) atoms. The largest absolute Gasteiger partial charge is 0.303 e. The molecule has 1 aromatic rings. The van der Waals surface area contributed by atoms with E-state index in [1.165, 1.54) is 12.8 Å². The molecule has 1 N–H and O–H groups in total. The second-order valence-corrected chi connectivity index (χ2v) is 8.40. The average molecular weight is 318 g/mol. The van der Waals surface area contributed by atoms with Crippen LogP contribution in [0.4, 0.5) is 0 Å². The SMILES string of the molecule is CCS(=O)(=O)NCCSc1nnc(C(C)C)n1C1CC1. The smallest absolute Gasteiger partial charge is 0.211 e. The van der Waals surface area contributed by atoms with Crippen LogP contribution in [0.5, 0.6) is 0 Å². The molecule has 6 nitrogen and oxygen atoms in total. The Labute approximate surface area is 124 Å². The van der Waals surface area contributed by atoms with E-state index in [9.17, 15) is 8.42 Å². The molecule has 1 heterocycles. The van der Waals surface area contributed by atoms with E-state index in [0.717, 1.165) is 11.0 Å². The van der Waals surface area contributed by atoms with E-state index in [1.54, 1.807) is 18.7 Å². The van der Waals surface area contributed by atoms with Crippen LogP contribution in [-0.4, -0.2) is 41.2 Å². The molecule has 1 fully saturated rings. The molecule has 0 saturated heterocycles. The van der Waals surface area contributed by atoms with Crippen molar-refractivity contribution in [1.29, 1.82) is 0 Å². The standard InChI is InChI=1S/C12H22N4O2S2/c1-4-20(17,18)13-7-8-19-12-15-14-11(9(2)3)16(12)10-5-6-10/h9-10,13H,4-8H2,1-3H3. The minimum atomic E-state index is -3.10. The van der Waals surface area contributed by atoms with Crippen LogP contribution in [0.3, 0.4) is 0 Å². The molecular formula is C12H22N4O2S2. The molecule has 114 valence electrons. The van der Waals surface area contributed by atoms with Gasteiger partial charge in [-0.3, -0.25) is 0 Å². The van der Waals surface area contributed by atoms with Gasteiger partial charge in [-0.15, -0.1) is 10.2 Å². The summed E-state index contributed by atoms with van der Waals surface area (Å²) in [6.45, 7) is 6.29. The first kappa shape index (κ1) is 15.8. The van der Waals surface area contributed by atoms with Crippen molar-refractivity contribution in [3.8, 4) is 0 Å². The lowest BCUT2D eigenvalue weighted by molar-refractivity contribution is 0.585. The molecule has 1 aliphatic carbocycles. The van der Waals surface area contributed by atoms with E-state index in [0.29, 0.717) is 24.3 Å². The van der Waals surface area contributed by atoms with Crippen LogP contribution < -0.4 is 4.72 Å². The summed E-state index contributed by atoms with van der Waals surface area (Å²) in [5, 5.41) is 9.43. The highest BCUT2D eigenvalue weighted by atomic mass is 32.2. The van der Waals surface area contributed by atoms with Crippen molar-refractivity contribution in [1.82, 2.24) is 19.5 Å². The molecule has 0 aliphatic heterocycles. The molecule has 0 unspecified atom stereocenters. The fraction of sp³-hybridized carbons (Fsp3) is 0.833. The van der Waals surface area contributed by atoms with Crippen LogP contribution >= 0.6 is 11.8 Å². The molecule has 1 aromatic heterocycles. The molecule has 0 aromatic carbocycles. The second kappa shape index (κ2) is 6.44. The van der Waals surface area contributed by atoms with E-state index in [2.05, 4.69) is 33.3 Å². The quantitative estimate of drug-likeness (QED) is 0.584. The van der Waals surface area contributed by atoms with Gasteiger partial charge < -0.3 is 4.57 Å². The van der Waals surface area contributed by atoms with Crippen LogP contribution in [0.25, 0.3) is 0 Å². The Morgan fingerprint density at radius 3 is 2.65 bits per heavy atom. The third-order valence-corrected chi connectivity index (χ3v) is 5.50. The first-order valence-electron chi connectivity index (χ1n) is 6.99. The fourth-order valence-electron chi connectivity index (χ4n) is 1.90. The van der Waals surface area contributed by atoms with Crippen molar-refractivity contribution >= 4 is 21.8 Å². The number of hydrogen-bond donors (Lipinski definition) is 1. The molecule has 0 amide bonds. The Hall–Kier alpha value is -0.600. The van der Waals surface area contributed by atoms with Gasteiger partial charge in [0.2, 0.25) is 10.0 Å². The molecule has 2 rings (SSSR count). The number of hydrogen-bond acceptors (Lipinski definition) is 5. The molecular weight excluding hydrogens is 296 g/mol. The highest BCUT2D eigenvalue weighted by molar-refractivity contribution is 7.99. The van der Waals surface area contributed by atoms with Crippen molar-refractivity contribution in [2.24, 2.45) is 0 Å². The topological polar surface area (TPSA) is 76.9 Å². The summed E-state index contributed by atoms with van der Waals surface area (Å²) in [6.07, 6.45) is 2.38. The summed E-state index contributed by atoms with van der Waals surface area (Å²) in [7, 11) is -3.10. The Balaban J connectivity index is 1.93. The second-order valence-electron chi connectivity index (χ2n) is 5.24. The minimum Gasteiger partial charge on any atom is -0.303 e. The first-order chi connectivity index (χ1) is 9.44. The molecule has 0 bridgehead atoms. The van der Waals surface area contributed by atoms with Gasteiger partial charge in [-0.25, -0.2) is 13.1 Å². The summed E-state index contributed by atoms with van der Waals surface area (Å²) >= 11 is 1.57. The summed E-state index contributed by atoms with van der Waals surface area (Å²) in [5.41, 5.74) is 0. The normalized spacial score (nSPS) is 16.0. The number of nitrogens with one attached hydrogen (secondary N) is 1. The Kier molecular flexibility index (Phi) is 5.09. The zero-order chi connectivity index (χ0) is 14.8. The van der Waals surface area contributed by atoms with Crippen molar-refractivity contribution in [3.63, 3.8) is 0 Å². The third-order valence-electron chi connectivity index (χ3n) is 3.15. The van der Waals surface area contributed by atoms with Crippen molar-refractivity contribution in [2.45, 2.75) is 50.7 Å². The summed E-state index contributed by atoms with van der Waals surface area (Å²) in [6, 6.07) is 0.539. The lowest BCUT2D eigenvalue weighted by Crippen LogP contribution is -2.27. The number of nitrogens with zero attached hydrogens (tertiary/aromatic N) is 3. The zero-order valence-corrected chi connectivity index (χ0v) is 13.8. The minimum absolute atomic E-state index is 0.118. The predicted molar refractivity (Wildman–Crippen MR) is 80.6 cm³/mol. The summed E-state index contributed by atoms with van der Waals surface area (Å²) in [5.74, 6) is 2.18. The number of rotatable bonds is 8. The van der Waals surface area contributed by atoms with E-state index in [-0.39, 0.29) is 5.75 Å². The van der Waals surface area contributed by atoms with Gasteiger partial charge in [-0.2, -0.15) is 0 Å². The van der Waals surface area contributed by atoms with Crippen molar-refractivity contribution in [3.05, 3.63) is 5.82 Å². The number of sulfonamides is 1. The van der Waals surface area contributed by atoms with Crippen LogP contribution in [0.1, 0.15) is 51.4 Å². The van der Waals surface area contributed by atoms with Gasteiger partial charge in [0.25, 0.3) is 0 Å². The Morgan fingerprint density at radius 2 is 2.10 bits per heavy atom. The fourth-order valence-corrected chi connectivity index (χ4v) is 3.51. The van der Waals surface area contributed by atoms with Gasteiger partial charge in [0.05, 0.1) is 5.75 Å². The molecule has 0 atom stereocenters. The Morgan fingerprint density at radius 1 is 1.40 bits per heavy atom. The van der Waals surface area contributed by atoms with Gasteiger partial charge in [-0.1, -0.05) is 25.6 Å². The third kappa shape index (κ3) is 3.95. The van der Waals surface area contributed by atoms with Crippen molar-refractivity contribution < 1.29 is 8.42 Å². The van der Waals surface area contributed by atoms with Crippen molar-refractivity contribution in [2.75, 3.05) is 18.1 Å². The highest BCUT2D eigenvalue weighted by Gasteiger charge is 2.30. The first-order valence-corrected chi connectivity index (χ1v) is 9.63. The summed E-state index contributed by atoms with van der Waals surface area (Å²) in [4.78, 5) is 0. The van der Waals surface area contributed by atoms with E-state index in [4.69, 9.17) is 0 Å². The maximum Gasteiger partial charge on any atom is 0.211 e. The van der Waals surface area contributed by atoms with Gasteiger partial charge in [0, 0.05) is 24.3 Å². The average Bonchev–Trinajstić information content (AvgIpc) is 3.14. The molecule has 0 radical (unpaired) electrons. The molecule has 8 heteroatoms. The lowest BCUT2D eigenvalue weighted by atomic mass is 10.2. The Bertz CT molecular complexity index is 550. The highest BCUT2D eigenvalue weighted by Crippen LogP contribution is 2.39. The van der Waals surface area contributed by atoms with Crippen LogP contribution in [-0.2, 0) is 10.0 Å². The molecule has 1 saturated carbocycles. The van der Waals surface area contributed by atoms with E-state index < -0.39 is 10.0 Å². The monoisotopic (exact) mass is 318 g/mol. The zero-order valence-electron chi connectivity index (χ0n) is 12.2. The number of aromatic nitrogens is 3. The van der Waals surface area contributed by atoms with E-state index >= 15 is 0 Å². The maximum atomic E-state index is 11.3.